The van der Waals surface area contributed by atoms with Crippen LogP contribution in [-0.4, -0.2) is 76.8 Å². The summed E-state index contributed by atoms with van der Waals surface area (Å²) in [6, 6.07) is 8.97. The normalized spacial score (nSPS) is 18.2. The summed E-state index contributed by atoms with van der Waals surface area (Å²) in [4.78, 5) is 34.5. The SMILES string of the molecule is O=C(c1ccc[nH]1)N1CC(N2CCN(C(=O)c3cc4cc(C(F)(F)F)ccc4s3)CC2)C1. The Morgan fingerprint density at radius 2 is 1.72 bits per heavy atom. The second-order valence-electron chi connectivity index (χ2n) is 8.14. The average Bonchev–Trinajstić information content (AvgIpc) is 3.41. The van der Waals surface area contributed by atoms with E-state index in [4.69, 9.17) is 0 Å². The monoisotopic (exact) mass is 462 g/mol. The van der Waals surface area contributed by atoms with Crippen LogP contribution in [0.2, 0.25) is 0 Å². The minimum Gasteiger partial charge on any atom is -0.357 e. The molecule has 2 aliphatic heterocycles. The van der Waals surface area contributed by atoms with Crippen LogP contribution in [0.3, 0.4) is 0 Å². The molecule has 3 aromatic rings. The van der Waals surface area contributed by atoms with E-state index in [0.717, 1.165) is 12.1 Å². The fourth-order valence-electron chi connectivity index (χ4n) is 4.26. The number of halogens is 3. The lowest BCUT2D eigenvalue weighted by Gasteiger charge is -2.48. The van der Waals surface area contributed by atoms with Gasteiger partial charge < -0.3 is 14.8 Å². The summed E-state index contributed by atoms with van der Waals surface area (Å²) in [5.74, 6) is -0.143. The van der Waals surface area contributed by atoms with Gasteiger partial charge in [0.1, 0.15) is 5.69 Å². The molecule has 0 spiro atoms. The van der Waals surface area contributed by atoms with Crippen LogP contribution >= 0.6 is 11.3 Å². The van der Waals surface area contributed by atoms with Crippen LogP contribution in [0.4, 0.5) is 13.2 Å². The van der Waals surface area contributed by atoms with Crippen LogP contribution in [0, 0.1) is 0 Å². The Labute approximate surface area is 186 Å². The number of amides is 2. The Kier molecular flexibility index (Phi) is 5.21. The van der Waals surface area contributed by atoms with Gasteiger partial charge in [-0.15, -0.1) is 11.3 Å². The molecule has 0 saturated carbocycles. The number of hydrogen-bond acceptors (Lipinski definition) is 4. The van der Waals surface area contributed by atoms with Gasteiger partial charge in [-0.1, -0.05) is 0 Å². The number of nitrogens with zero attached hydrogens (tertiary/aromatic N) is 3. The van der Waals surface area contributed by atoms with E-state index in [2.05, 4.69) is 9.88 Å². The molecule has 2 amide bonds. The zero-order valence-corrected chi connectivity index (χ0v) is 17.9. The maximum atomic E-state index is 12.9. The number of likely N-dealkylation sites (tertiary alicyclic amines) is 1. The van der Waals surface area contributed by atoms with Crippen LogP contribution in [-0.2, 0) is 6.18 Å². The van der Waals surface area contributed by atoms with Crippen LogP contribution < -0.4 is 0 Å². The van der Waals surface area contributed by atoms with Gasteiger partial charge in [-0.3, -0.25) is 14.5 Å². The molecule has 0 aliphatic carbocycles. The highest BCUT2D eigenvalue weighted by molar-refractivity contribution is 7.20. The third-order valence-electron chi connectivity index (χ3n) is 6.15. The zero-order chi connectivity index (χ0) is 22.5. The summed E-state index contributed by atoms with van der Waals surface area (Å²) in [5.41, 5.74) is -0.121. The van der Waals surface area contributed by atoms with Crippen LogP contribution in [0.25, 0.3) is 10.1 Å². The van der Waals surface area contributed by atoms with E-state index in [-0.39, 0.29) is 17.9 Å². The Hall–Kier alpha value is -2.85. The second-order valence-corrected chi connectivity index (χ2v) is 9.22. The molecule has 0 bridgehead atoms. The maximum absolute atomic E-state index is 12.9. The number of aromatic nitrogens is 1. The van der Waals surface area contributed by atoms with Crippen molar-refractivity contribution in [3.63, 3.8) is 0 Å². The van der Waals surface area contributed by atoms with Crippen molar-refractivity contribution in [2.45, 2.75) is 12.2 Å². The third-order valence-corrected chi connectivity index (χ3v) is 7.25. The average molecular weight is 462 g/mol. The summed E-state index contributed by atoms with van der Waals surface area (Å²) < 4.78 is 39.5. The molecule has 2 aliphatic rings. The largest absolute Gasteiger partial charge is 0.416 e. The highest BCUT2D eigenvalue weighted by Crippen LogP contribution is 2.34. The molecule has 0 unspecified atom stereocenters. The van der Waals surface area contributed by atoms with Gasteiger partial charge in [-0.2, -0.15) is 13.2 Å². The fourth-order valence-corrected chi connectivity index (χ4v) is 5.27. The molecular weight excluding hydrogens is 441 g/mol. The first-order valence-electron chi connectivity index (χ1n) is 10.4. The Morgan fingerprint density at radius 3 is 2.38 bits per heavy atom. The number of alkyl halides is 3. The van der Waals surface area contributed by atoms with Crippen LogP contribution in [0.1, 0.15) is 25.7 Å². The molecule has 2 saturated heterocycles. The van der Waals surface area contributed by atoms with Gasteiger partial charge >= 0.3 is 6.18 Å². The summed E-state index contributed by atoms with van der Waals surface area (Å²) in [6.07, 6.45) is -2.67. The first-order valence-corrected chi connectivity index (χ1v) is 11.2. The molecule has 0 atom stereocenters. The van der Waals surface area contributed by atoms with Crippen molar-refractivity contribution >= 4 is 33.2 Å². The van der Waals surface area contributed by atoms with Gasteiger partial charge in [0.25, 0.3) is 11.8 Å². The minimum absolute atomic E-state index is 0.00138. The van der Waals surface area contributed by atoms with Crippen molar-refractivity contribution in [2.75, 3.05) is 39.3 Å². The van der Waals surface area contributed by atoms with Gasteiger partial charge in [0.15, 0.2) is 0 Å². The highest BCUT2D eigenvalue weighted by Gasteiger charge is 2.37. The number of rotatable bonds is 3. The molecule has 4 heterocycles. The van der Waals surface area contributed by atoms with Crippen molar-refractivity contribution in [3.8, 4) is 0 Å². The van der Waals surface area contributed by atoms with Crippen molar-refractivity contribution in [1.29, 1.82) is 0 Å². The lowest BCUT2D eigenvalue weighted by molar-refractivity contribution is -0.137. The molecule has 0 radical (unpaired) electrons. The van der Waals surface area contributed by atoms with Crippen molar-refractivity contribution in [1.82, 2.24) is 19.7 Å². The van der Waals surface area contributed by atoms with E-state index >= 15 is 0 Å². The first kappa shape index (κ1) is 21.0. The number of thiophene rings is 1. The highest BCUT2D eigenvalue weighted by atomic mass is 32.1. The summed E-state index contributed by atoms with van der Waals surface area (Å²) >= 11 is 1.22. The predicted octanol–water partition coefficient (Wildman–Crippen LogP) is 3.53. The zero-order valence-electron chi connectivity index (χ0n) is 17.1. The molecule has 168 valence electrons. The summed E-state index contributed by atoms with van der Waals surface area (Å²) in [7, 11) is 0. The number of hydrogen-bond donors (Lipinski definition) is 1. The number of benzene rings is 1. The third kappa shape index (κ3) is 3.88. The summed E-state index contributed by atoms with van der Waals surface area (Å²) in [5, 5.41) is 0.438. The van der Waals surface area contributed by atoms with E-state index < -0.39 is 11.7 Å². The van der Waals surface area contributed by atoms with E-state index in [1.54, 1.807) is 34.2 Å². The predicted molar refractivity (Wildman–Crippen MR) is 115 cm³/mol. The number of piperazine rings is 1. The summed E-state index contributed by atoms with van der Waals surface area (Å²) in [6.45, 7) is 3.88. The molecule has 2 aromatic heterocycles. The number of H-pyrrole nitrogens is 1. The van der Waals surface area contributed by atoms with Gasteiger partial charge in [0, 0.05) is 56.2 Å². The minimum atomic E-state index is -4.40. The van der Waals surface area contributed by atoms with E-state index in [1.807, 2.05) is 0 Å². The molecule has 5 rings (SSSR count). The fraction of sp³-hybridized carbons (Fsp3) is 0.364. The first-order chi connectivity index (χ1) is 15.3. The molecule has 6 nitrogen and oxygen atoms in total. The number of carbonyl (C=O) groups excluding carboxylic acids is 2. The molecular formula is C22H21F3N4O2S. The number of fused-ring (bicyclic) bond motifs is 1. The van der Waals surface area contributed by atoms with Crippen LogP contribution in [0.5, 0.6) is 0 Å². The van der Waals surface area contributed by atoms with Crippen molar-refractivity contribution in [2.24, 2.45) is 0 Å². The standard InChI is InChI=1S/C22H21F3N4O2S/c23-22(24,25)15-3-4-18-14(10-15)11-19(32-18)21(31)28-8-6-27(7-9-28)16-12-29(13-16)20(30)17-2-1-5-26-17/h1-5,10-11,16,26H,6-9,12-13H2. The Bertz CT molecular complexity index is 1140. The topological polar surface area (TPSA) is 59.7 Å². The maximum Gasteiger partial charge on any atom is 0.416 e. The second kappa shape index (κ2) is 7.93. The number of aromatic amines is 1. The van der Waals surface area contributed by atoms with Gasteiger partial charge in [-0.25, -0.2) is 0 Å². The van der Waals surface area contributed by atoms with Crippen molar-refractivity contribution in [3.05, 3.63) is 58.7 Å². The lowest BCUT2D eigenvalue weighted by atomic mass is 10.1. The molecule has 10 heteroatoms. The Balaban J connectivity index is 1.17. The van der Waals surface area contributed by atoms with Gasteiger partial charge in [0.2, 0.25) is 0 Å². The lowest BCUT2D eigenvalue weighted by Crippen LogP contribution is -2.64. The number of nitrogens with one attached hydrogen (secondary N) is 1. The van der Waals surface area contributed by atoms with E-state index in [1.165, 1.54) is 17.4 Å². The molecule has 2 fully saturated rings. The molecule has 1 N–H and O–H groups in total. The van der Waals surface area contributed by atoms with Gasteiger partial charge in [-0.05, 0) is 41.8 Å². The number of carbonyl (C=O) groups is 2. The molecule has 1 aromatic carbocycles. The van der Waals surface area contributed by atoms with Crippen molar-refractivity contribution < 1.29 is 22.8 Å². The van der Waals surface area contributed by atoms with Crippen LogP contribution in [0.15, 0.2) is 42.6 Å². The van der Waals surface area contributed by atoms with Gasteiger partial charge in [0.05, 0.1) is 10.4 Å². The van der Waals surface area contributed by atoms with E-state index in [0.29, 0.717) is 59.9 Å². The Morgan fingerprint density at radius 1 is 0.969 bits per heavy atom. The molecule has 32 heavy (non-hydrogen) atoms. The quantitative estimate of drug-likeness (QED) is 0.648. The van der Waals surface area contributed by atoms with E-state index in [9.17, 15) is 22.8 Å². The smallest absolute Gasteiger partial charge is 0.357 e.